The number of rotatable bonds is 5. The molecule has 0 aromatic heterocycles. The lowest BCUT2D eigenvalue weighted by Crippen LogP contribution is -2.41. The highest BCUT2D eigenvalue weighted by Crippen LogP contribution is 2.24. The molecule has 4 nitrogen and oxygen atoms in total. The third-order valence-corrected chi connectivity index (χ3v) is 4.58. The first-order valence-corrected chi connectivity index (χ1v) is 8.74. The molecular weight excluding hydrogens is 335 g/mol. The normalized spacial score (nSPS) is 15.3. The molecule has 0 atom stereocenters. The lowest BCUT2D eigenvalue weighted by Gasteiger charge is -2.33. The molecular formula is C17H22Cl2N2O2. The molecule has 23 heavy (non-hydrogen) atoms. The zero-order chi connectivity index (χ0) is 16.8. The van der Waals surface area contributed by atoms with Crippen molar-refractivity contribution in [2.75, 3.05) is 11.9 Å². The summed E-state index contributed by atoms with van der Waals surface area (Å²) in [6, 6.07) is 5.18. The highest BCUT2D eigenvalue weighted by Gasteiger charge is 2.23. The van der Waals surface area contributed by atoms with E-state index in [4.69, 9.17) is 23.2 Å². The van der Waals surface area contributed by atoms with E-state index in [1.807, 2.05) is 4.90 Å². The van der Waals surface area contributed by atoms with Crippen LogP contribution in [0.5, 0.6) is 0 Å². The van der Waals surface area contributed by atoms with E-state index in [1.165, 1.54) is 6.42 Å². The summed E-state index contributed by atoms with van der Waals surface area (Å²) in [6.45, 7) is 2.02. The summed E-state index contributed by atoms with van der Waals surface area (Å²) in [4.78, 5) is 25.8. The number of anilines is 1. The van der Waals surface area contributed by atoms with Crippen LogP contribution in [0, 0.1) is 0 Å². The Morgan fingerprint density at radius 2 is 1.74 bits per heavy atom. The van der Waals surface area contributed by atoms with Gasteiger partial charge in [-0.2, -0.15) is 0 Å². The predicted octanol–water partition coefficient (Wildman–Crippen LogP) is 4.50. The van der Waals surface area contributed by atoms with Gasteiger partial charge in [-0.1, -0.05) is 42.5 Å². The Morgan fingerprint density at radius 3 is 2.30 bits per heavy atom. The summed E-state index contributed by atoms with van der Waals surface area (Å²) >= 11 is 11.8. The van der Waals surface area contributed by atoms with Crippen LogP contribution in [-0.4, -0.2) is 29.3 Å². The molecule has 6 heteroatoms. The molecule has 1 aromatic carbocycles. The van der Waals surface area contributed by atoms with E-state index in [0.29, 0.717) is 22.3 Å². The first-order chi connectivity index (χ1) is 11.0. The summed E-state index contributed by atoms with van der Waals surface area (Å²) in [7, 11) is 0. The van der Waals surface area contributed by atoms with Crippen molar-refractivity contribution in [3.63, 3.8) is 0 Å². The zero-order valence-electron chi connectivity index (χ0n) is 13.3. The van der Waals surface area contributed by atoms with Gasteiger partial charge in [0, 0.05) is 41.7 Å². The molecule has 0 bridgehead atoms. The van der Waals surface area contributed by atoms with Crippen molar-refractivity contribution < 1.29 is 9.59 Å². The summed E-state index contributed by atoms with van der Waals surface area (Å²) < 4.78 is 0. The van der Waals surface area contributed by atoms with E-state index in [9.17, 15) is 9.59 Å². The van der Waals surface area contributed by atoms with Gasteiger partial charge in [-0.05, 0) is 31.0 Å². The fourth-order valence-corrected chi connectivity index (χ4v) is 3.59. The molecule has 0 unspecified atom stereocenters. The predicted molar refractivity (Wildman–Crippen MR) is 94.0 cm³/mol. The third-order valence-electron chi connectivity index (χ3n) is 4.15. The minimum absolute atomic E-state index is 0.0375. The highest BCUT2D eigenvalue weighted by atomic mass is 35.5. The van der Waals surface area contributed by atoms with Gasteiger partial charge in [0.1, 0.15) is 0 Å². The lowest BCUT2D eigenvalue weighted by molar-refractivity contribution is -0.132. The Bertz CT molecular complexity index is 551. The molecule has 2 rings (SSSR count). The van der Waals surface area contributed by atoms with Crippen molar-refractivity contribution in [1.29, 1.82) is 0 Å². The van der Waals surface area contributed by atoms with E-state index in [1.54, 1.807) is 25.1 Å². The first-order valence-electron chi connectivity index (χ1n) is 7.99. The van der Waals surface area contributed by atoms with Gasteiger partial charge in [0.05, 0.1) is 0 Å². The minimum Gasteiger partial charge on any atom is -0.339 e. The van der Waals surface area contributed by atoms with E-state index in [0.717, 1.165) is 25.7 Å². The van der Waals surface area contributed by atoms with Gasteiger partial charge >= 0.3 is 0 Å². The average Bonchev–Trinajstić information content (AvgIpc) is 2.47. The molecule has 0 radical (unpaired) electrons. The van der Waals surface area contributed by atoms with Crippen molar-refractivity contribution in [2.45, 2.75) is 51.5 Å². The Balaban J connectivity index is 1.89. The van der Waals surface area contributed by atoms with E-state index < -0.39 is 0 Å². The van der Waals surface area contributed by atoms with Gasteiger partial charge in [0.2, 0.25) is 11.8 Å². The maximum absolute atomic E-state index is 12.1. The van der Waals surface area contributed by atoms with Crippen LogP contribution < -0.4 is 5.32 Å². The number of amides is 2. The van der Waals surface area contributed by atoms with Crippen LogP contribution in [0.3, 0.4) is 0 Å². The van der Waals surface area contributed by atoms with E-state index in [-0.39, 0.29) is 24.3 Å². The minimum atomic E-state index is -0.148. The van der Waals surface area contributed by atoms with Crippen LogP contribution in [0.4, 0.5) is 5.69 Å². The standard InChI is InChI=1S/C17H22Cl2N2O2/c1-12(22)21(16-5-3-2-4-6-16)8-7-17(23)20-15-10-13(18)9-14(19)11-15/h9-11,16H,2-8H2,1H3,(H,20,23). The lowest BCUT2D eigenvalue weighted by atomic mass is 9.94. The Kier molecular flexibility index (Phi) is 6.72. The number of carbonyl (C=O) groups is 2. The highest BCUT2D eigenvalue weighted by molar-refractivity contribution is 6.35. The largest absolute Gasteiger partial charge is 0.339 e. The average molecular weight is 357 g/mol. The molecule has 0 aliphatic heterocycles. The Morgan fingerprint density at radius 1 is 1.13 bits per heavy atom. The zero-order valence-corrected chi connectivity index (χ0v) is 14.8. The second kappa shape index (κ2) is 8.55. The van der Waals surface area contributed by atoms with Gasteiger partial charge < -0.3 is 10.2 Å². The van der Waals surface area contributed by atoms with Crippen LogP contribution in [0.25, 0.3) is 0 Å². The summed E-state index contributed by atoms with van der Waals surface area (Å²) in [5, 5.41) is 3.72. The number of benzene rings is 1. The monoisotopic (exact) mass is 356 g/mol. The molecule has 1 aliphatic rings. The van der Waals surface area contributed by atoms with Crippen molar-refractivity contribution in [2.24, 2.45) is 0 Å². The maximum Gasteiger partial charge on any atom is 0.226 e. The topological polar surface area (TPSA) is 49.4 Å². The molecule has 2 amide bonds. The van der Waals surface area contributed by atoms with Crippen LogP contribution in [0.15, 0.2) is 18.2 Å². The van der Waals surface area contributed by atoms with Crippen molar-refractivity contribution >= 4 is 40.7 Å². The van der Waals surface area contributed by atoms with Crippen LogP contribution in [0.2, 0.25) is 10.0 Å². The van der Waals surface area contributed by atoms with Gasteiger partial charge in [-0.15, -0.1) is 0 Å². The number of carbonyl (C=O) groups excluding carboxylic acids is 2. The molecule has 0 spiro atoms. The number of nitrogens with zero attached hydrogens (tertiary/aromatic N) is 1. The second-order valence-corrected chi connectivity index (χ2v) is 6.83. The third kappa shape index (κ3) is 5.70. The SMILES string of the molecule is CC(=O)N(CCC(=O)Nc1cc(Cl)cc(Cl)c1)C1CCCCC1. The summed E-state index contributed by atoms with van der Waals surface area (Å²) in [6.07, 6.45) is 5.87. The van der Waals surface area contributed by atoms with Gasteiger partial charge in [-0.25, -0.2) is 0 Å². The quantitative estimate of drug-likeness (QED) is 0.843. The number of hydrogen-bond donors (Lipinski definition) is 1. The van der Waals surface area contributed by atoms with Crippen LogP contribution in [0.1, 0.15) is 45.4 Å². The van der Waals surface area contributed by atoms with Crippen molar-refractivity contribution in [1.82, 2.24) is 4.90 Å². The van der Waals surface area contributed by atoms with Crippen molar-refractivity contribution in [3.8, 4) is 0 Å². The molecule has 1 fully saturated rings. The molecule has 1 N–H and O–H groups in total. The molecule has 0 heterocycles. The number of halogens is 2. The van der Waals surface area contributed by atoms with Crippen LogP contribution >= 0.6 is 23.2 Å². The molecule has 1 aromatic rings. The number of nitrogens with one attached hydrogen (secondary N) is 1. The number of hydrogen-bond acceptors (Lipinski definition) is 2. The van der Waals surface area contributed by atoms with Gasteiger partial charge in [-0.3, -0.25) is 9.59 Å². The van der Waals surface area contributed by atoms with E-state index in [2.05, 4.69) is 5.32 Å². The summed E-state index contributed by atoms with van der Waals surface area (Å²) in [5.41, 5.74) is 0.569. The Hall–Kier alpha value is -1.26. The van der Waals surface area contributed by atoms with Gasteiger partial charge in [0.25, 0.3) is 0 Å². The second-order valence-electron chi connectivity index (χ2n) is 5.96. The molecule has 0 saturated heterocycles. The van der Waals surface area contributed by atoms with Crippen molar-refractivity contribution in [3.05, 3.63) is 28.2 Å². The summed E-state index contributed by atoms with van der Waals surface area (Å²) in [5.74, 6) is -0.110. The van der Waals surface area contributed by atoms with Gasteiger partial charge in [0.15, 0.2) is 0 Å². The van der Waals surface area contributed by atoms with Crippen LogP contribution in [-0.2, 0) is 9.59 Å². The smallest absolute Gasteiger partial charge is 0.226 e. The fourth-order valence-electron chi connectivity index (χ4n) is 3.06. The van der Waals surface area contributed by atoms with E-state index >= 15 is 0 Å². The first kappa shape index (κ1) is 18.1. The molecule has 126 valence electrons. The molecule has 1 saturated carbocycles. The Labute approximate surface area is 147 Å². The fraction of sp³-hybridized carbons (Fsp3) is 0.529. The maximum atomic E-state index is 12.1. The molecule has 1 aliphatic carbocycles.